The molecule has 0 aromatic heterocycles. The maximum atomic E-state index is 12.3. The van der Waals surface area contributed by atoms with Gasteiger partial charge in [0.1, 0.15) is 0 Å². The van der Waals surface area contributed by atoms with Gasteiger partial charge in [-0.1, -0.05) is 11.6 Å². The lowest BCUT2D eigenvalue weighted by atomic mass is 10.1. The van der Waals surface area contributed by atoms with Crippen LogP contribution in [-0.2, 0) is 21.0 Å². The Hall–Kier alpha value is -2.32. The zero-order chi connectivity index (χ0) is 21.1. The minimum absolute atomic E-state index is 0.0962. The fourth-order valence-corrected chi connectivity index (χ4v) is 4.45. The van der Waals surface area contributed by atoms with Crippen molar-refractivity contribution in [1.82, 2.24) is 14.9 Å². The van der Waals surface area contributed by atoms with E-state index in [1.54, 1.807) is 0 Å². The van der Waals surface area contributed by atoms with Crippen molar-refractivity contribution in [2.45, 2.75) is 38.6 Å². The maximum absolute atomic E-state index is 12.3. The number of nitrogens with zero attached hydrogens (tertiary/aromatic N) is 4. The molecule has 3 amide bonds. The Morgan fingerprint density at radius 3 is 2.23 bits per heavy atom. The predicted molar refractivity (Wildman–Crippen MR) is 112 cm³/mol. The first-order valence-corrected chi connectivity index (χ1v) is 11.0. The van der Waals surface area contributed by atoms with E-state index in [9.17, 15) is 14.4 Å². The van der Waals surface area contributed by atoms with Crippen molar-refractivity contribution < 1.29 is 19.2 Å². The van der Waals surface area contributed by atoms with Gasteiger partial charge in [-0.15, -0.1) is 5.06 Å². The summed E-state index contributed by atoms with van der Waals surface area (Å²) in [5.74, 6) is -0.921. The summed E-state index contributed by atoms with van der Waals surface area (Å²) >= 11 is 6.38. The SMILES string of the molecule is O=C(ON1C(=O)CCC1=O)N1CCN(Cc2cc(Cl)cc(N3CCCCC3)c2)CC1. The molecule has 30 heavy (non-hydrogen) atoms. The third-order valence-corrected chi connectivity index (χ3v) is 6.09. The number of carbonyl (C=O) groups is 3. The Morgan fingerprint density at radius 2 is 1.57 bits per heavy atom. The number of halogens is 1. The largest absolute Gasteiger partial charge is 0.434 e. The summed E-state index contributed by atoms with van der Waals surface area (Å²) in [5, 5.41) is 1.35. The Morgan fingerprint density at radius 1 is 0.900 bits per heavy atom. The molecule has 3 aliphatic heterocycles. The fourth-order valence-electron chi connectivity index (χ4n) is 4.20. The molecule has 0 radical (unpaired) electrons. The quantitative estimate of drug-likeness (QED) is 0.678. The highest BCUT2D eigenvalue weighted by atomic mass is 35.5. The van der Waals surface area contributed by atoms with Crippen LogP contribution in [0.25, 0.3) is 0 Å². The summed E-state index contributed by atoms with van der Waals surface area (Å²) in [6.07, 6.45) is 3.27. The summed E-state index contributed by atoms with van der Waals surface area (Å²) in [6.45, 7) is 5.23. The number of hydrogen-bond acceptors (Lipinski definition) is 6. The Kier molecular flexibility index (Phi) is 6.43. The standard InChI is InChI=1S/C21H27ClN4O4/c22-17-12-16(13-18(14-17)24-6-2-1-3-7-24)15-23-8-10-25(11-9-23)21(29)30-26-19(27)4-5-20(26)28/h12-14H,1-11,15H2. The van der Waals surface area contributed by atoms with Crippen molar-refractivity contribution >= 4 is 35.2 Å². The molecular formula is C21H27ClN4O4. The van der Waals surface area contributed by atoms with Crippen LogP contribution in [0.5, 0.6) is 0 Å². The van der Waals surface area contributed by atoms with Gasteiger partial charge < -0.3 is 14.6 Å². The molecular weight excluding hydrogens is 408 g/mol. The van der Waals surface area contributed by atoms with Crippen LogP contribution in [0.2, 0.25) is 5.02 Å². The van der Waals surface area contributed by atoms with E-state index in [0.29, 0.717) is 31.2 Å². The third-order valence-electron chi connectivity index (χ3n) is 5.88. The third kappa shape index (κ3) is 4.87. The van der Waals surface area contributed by atoms with Crippen molar-refractivity contribution in [3.05, 3.63) is 28.8 Å². The van der Waals surface area contributed by atoms with Crippen molar-refractivity contribution in [3.63, 3.8) is 0 Å². The van der Waals surface area contributed by atoms with Crippen LogP contribution in [-0.4, -0.2) is 72.0 Å². The second-order valence-corrected chi connectivity index (χ2v) is 8.50. The number of piperazine rings is 1. The van der Waals surface area contributed by atoms with E-state index < -0.39 is 17.9 Å². The topological polar surface area (TPSA) is 73.4 Å². The maximum Gasteiger partial charge on any atom is 0.434 e. The lowest BCUT2D eigenvalue weighted by Crippen LogP contribution is -2.50. The summed E-state index contributed by atoms with van der Waals surface area (Å²) in [6, 6.07) is 6.24. The molecule has 8 nitrogen and oxygen atoms in total. The van der Waals surface area contributed by atoms with Crippen LogP contribution in [0, 0.1) is 0 Å². The second-order valence-electron chi connectivity index (χ2n) is 8.07. The van der Waals surface area contributed by atoms with E-state index >= 15 is 0 Å². The zero-order valence-electron chi connectivity index (χ0n) is 17.0. The van der Waals surface area contributed by atoms with E-state index in [-0.39, 0.29) is 12.8 Å². The molecule has 0 atom stereocenters. The lowest BCUT2D eigenvalue weighted by Gasteiger charge is -2.34. The monoisotopic (exact) mass is 434 g/mol. The number of carbonyl (C=O) groups excluding carboxylic acids is 3. The molecule has 0 spiro atoms. The van der Waals surface area contributed by atoms with Crippen LogP contribution in [0.4, 0.5) is 10.5 Å². The highest BCUT2D eigenvalue weighted by Gasteiger charge is 2.34. The zero-order valence-corrected chi connectivity index (χ0v) is 17.8. The van der Waals surface area contributed by atoms with E-state index in [1.165, 1.54) is 29.8 Å². The van der Waals surface area contributed by atoms with E-state index in [1.807, 2.05) is 12.1 Å². The van der Waals surface area contributed by atoms with Crippen LogP contribution in [0.15, 0.2) is 18.2 Å². The van der Waals surface area contributed by atoms with Gasteiger partial charge in [0.05, 0.1) is 0 Å². The molecule has 0 saturated carbocycles. The second kappa shape index (κ2) is 9.22. The van der Waals surface area contributed by atoms with Crippen LogP contribution in [0.1, 0.15) is 37.7 Å². The molecule has 162 valence electrons. The summed E-state index contributed by atoms with van der Waals surface area (Å²) in [4.78, 5) is 46.7. The van der Waals surface area contributed by atoms with Gasteiger partial charge in [0.2, 0.25) is 0 Å². The Bertz CT molecular complexity index is 803. The molecule has 0 unspecified atom stereocenters. The molecule has 3 saturated heterocycles. The van der Waals surface area contributed by atoms with Crippen LogP contribution in [0.3, 0.4) is 0 Å². The van der Waals surface area contributed by atoms with E-state index in [2.05, 4.69) is 15.9 Å². The van der Waals surface area contributed by atoms with Gasteiger partial charge in [-0.2, -0.15) is 0 Å². The van der Waals surface area contributed by atoms with Gasteiger partial charge in [-0.25, -0.2) is 4.79 Å². The highest BCUT2D eigenvalue weighted by Crippen LogP contribution is 2.26. The molecule has 1 aromatic carbocycles. The Balaban J connectivity index is 1.30. The lowest BCUT2D eigenvalue weighted by molar-refractivity contribution is -0.174. The molecule has 0 aliphatic carbocycles. The Labute approximate surface area is 181 Å². The van der Waals surface area contributed by atoms with E-state index in [0.717, 1.165) is 30.2 Å². The summed E-state index contributed by atoms with van der Waals surface area (Å²) in [7, 11) is 0. The van der Waals surface area contributed by atoms with Crippen LogP contribution >= 0.6 is 11.6 Å². The first-order chi connectivity index (χ1) is 14.5. The van der Waals surface area contributed by atoms with Crippen molar-refractivity contribution in [2.24, 2.45) is 0 Å². The normalized spacial score (nSPS) is 20.8. The molecule has 4 rings (SSSR count). The van der Waals surface area contributed by atoms with Crippen molar-refractivity contribution in [2.75, 3.05) is 44.2 Å². The average molecular weight is 435 g/mol. The molecule has 0 N–H and O–H groups in total. The number of anilines is 1. The van der Waals surface area contributed by atoms with Gasteiger partial charge in [-0.3, -0.25) is 14.5 Å². The number of hydroxylamine groups is 2. The van der Waals surface area contributed by atoms with Crippen molar-refractivity contribution in [3.8, 4) is 0 Å². The minimum Gasteiger partial charge on any atom is -0.371 e. The molecule has 3 aliphatic rings. The van der Waals surface area contributed by atoms with Gasteiger partial charge in [0.15, 0.2) is 0 Å². The number of piperidine rings is 1. The molecule has 1 aromatic rings. The summed E-state index contributed by atoms with van der Waals surface area (Å²) in [5.41, 5.74) is 2.34. The molecule has 9 heteroatoms. The number of rotatable bonds is 4. The first kappa shape index (κ1) is 20.9. The minimum atomic E-state index is -0.645. The predicted octanol–water partition coefficient (Wildman–Crippen LogP) is 2.65. The smallest absolute Gasteiger partial charge is 0.371 e. The van der Waals surface area contributed by atoms with Gasteiger partial charge in [0, 0.05) is 69.4 Å². The number of imide groups is 1. The van der Waals surface area contributed by atoms with E-state index in [4.69, 9.17) is 16.4 Å². The molecule has 3 heterocycles. The van der Waals surface area contributed by atoms with Gasteiger partial charge in [0.25, 0.3) is 11.8 Å². The van der Waals surface area contributed by atoms with Crippen molar-refractivity contribution in [1.29, 1.82) is 0 Å². The fraction of sp³-hybridized carbons (Fsp3) is 0.571. The number of benzene rings is 1. The molecule has 3 fully saturated rings. The average Bonchev–Trinajstić information content (AvgIpc) is 3.06. The number of amides is 3. The first-order valence-electron chi connectivity index (χ1n) is 10.6. The summed E-state index contributed by atoms with van der Waals surface area (Å²) < 4.78 is 0. The highest BCUT2D eigenvalue weighted by molar-refractivity contribution is 6.30. The van der Waals surface area contributed by atoms with Crippen LogP contribution < -0.4 is 4.90 Å². The molecule has 0 bridgehead atoms. The number of hydrogen-bond donors (Lipinski definition) is 0. The van der Waals surface area contributed by atoms with Gasteiger partial charge in [-0.05, 0) is 43.0 Å². The van der Waals surface area contributed by atoms with Gasteiger partial charge >= 0.3 is 6.09 Å².